The summed E-state index contributed by atoms with van der Waals surface area (Å²) in [6, 6.07) is -0.136. The molecule has 0 fully saturated rings. The van der Waals surface area contributed by atoms with Gasteiger partial charge in [0.1, 0.15) is 0 Å². The van der Waals surface area contributed by atoms with E-state index in [4.69, 9.17) is 0 Å². The Balaban J connectivity index is 4.45. The zero-order valence-electron chi connectivity index (χ0n) is 11.4. The fourth-order valence-electron chi connectivity index (χ4n) is 1.10. The van der Waals surface area contributed by atoms with E-state index in [-0.39, 0.29) is 17.9 Å². The maximum Gasteiger partial charge on any atom is 0.309 e. The summed E-state index contributed by atoms with van der Waals surface area (Å²) in [5, 5.41) is 3.06. The van der Waals surface area contributed by atoms with Crippen molar-refractivity contribution in [1.29, 1.82) is 0 Å². The van der Waals surface area contributed by atoms with Gasteiger partial charge in [-0.25, -0.2) is 8.42 Å². The Morgan fingerprint density at radius 2 is 1.82 bits per heavy atom. The molecule has 0 aromatic heterocycles. The molecular weight excluding hydrogens is 242 g/mol. The molecule has 0 aliphatic heterocycles. The van der Waals surface area contributed by atoms with Gasteiger partial charge in [0.2, 0.25) is 0 Å². The lowest BCUT2D eigenvalue weighted by molar-refractivity contribution is -0.145. The predicted molar refractivity (Wildman–Crippen MR) is 67.6 cm³/mol. The molecule has 17 heavy (non-hydrogen) atoms. The molecule has 0 heterocycles. The number of sulfone groups is 1. The predicted octanol–water partition coefficient (Wildman–Crippen LogP) is 0.597. The first-order chi connectivity index (χ1) is 7.53. The van der Waals surface area contributed by atoms with Crippen molar-refractivity contribution in [2.45, 2.75) is 38.5 Å². The van der Waals surface area contributed by atoms with E-state index in [0.29, 0.717) is 6.54 Å². The van der Waals surface area contributed by atoms with Crippen LogP contribution in [0.1, 0.15) is 27.7 Å². The first-order valence-electron chi connectivity index (χ1n) is 5.53. The topological polar surface area (TPSA) is 72.5 Å². The van der Waals surface area contributed by atoms with Crippen LogP contribution in [-0.4, -0.2) is 45.1 Å². The highest BCUT2D eigenvalue weighted by Crippen LogP contribution is 2.15. The molecule has 0 rings (SSSR count). The molecule has 0 aliphatic carbocycles. The fraction of sp³-hybridized carbons (Fsp3) is 0.909. The third-order valence-corrected chi connectivity index (χ3v) is 5.33. The maximum atomic E-state index is 11.5. The molecular formula is C11H23NO4S. The van der Waals surface area contributed by atoms with Crippen LogP contribution in [0.4, 0.5) is 0 Å². The Hall–Kier alpha value is -0.620. The summed E-state index contributed by atoms with van der Waals surface area (Å²) in [6.45, 7) is 7.20. The molecule has 0 radical (unpaired) electrons. The standard InChI is InChI=1S/C11H23NO4S/c1-8(10(13)16-5)9(2)12-7-11(3,4)17(6,14)15/h8-9,12H,7H2,1-6H3. The summed E-state index contributed by atoms with van der Waals surface area (Å²) < 4.78 is 26.8. The van der Waals surface area contributed by atoms with Crippen LogP contribution in [0.3, 0.4) is 0 Å². The van der Waals surface area contributed by atoms with Gasteiger partial charge in [0.15, 0.2) is 9.84 Å². The summed E-state index contributed by atoms with van der Waals surface area (Å²) >= 11 is 0. The number of esters is 1. The average molecular weight is 265 g/mol. The SMILES string of the molecule is COC(=O)C(C)C(C)NCC(C)(C)S(C)(=O)=O. The van der Waals surface area contributed by atoms with Crippen LogP contribution < -0.4 is 5.32 Å². The zero-order chi connectivity index (χ0) is 13.9. The number of rotatable bonds is 6. The number of methoxy groups -OCH3 is 1. The van der Waals surface area contributed by atoms with Gasteiger partial charge < -0.3 is 10.1 Å². The first kappa shape index (κ1) is 16.4. The van der Waals surface area contributed by atoms with Crippen molar-refractivity contribution in [1.82, 2.24) is 5.32 Å². The van der Waals surface area contributed by atoms with Gasteiger partial charge in [-0.15, -0.1) is 0 Å². The van der Waals surface area contributed by atoms with E-state index in [1.54, 1.807) is 20.8 Å². The van der Waals surface area contributed by atoms with E-state index in [2.05, 4.69) is 10.1 Å². The number of hydrogen-bond donors (Lipinski definition) is 1. The van der Waals surface area contributed by atoms with E-state index in [0.717, 1.165) is 0 Å². The zero-order valence-corrected chi connectivity index (χ0v) is 12.2. The van der Waals surface area contributed by atoms with Gasteiger partial charge in [0, 0.05) is 18.8 Å². The summed E-state index contributed by atoms with van der Waals surface area (Å²) in [5.74, 6) is -0.613. The Labute approximate surface area is 104 Å². The maximum absolute atomic E-state index is 11.5. The molecule has 0 saturated carbocycles. The molecule has 0 amide bonds. The Morgan fingerprint density at radius 3 is 2.18 bits per heavy atom. The second-order valence-corrected chi connectivity index (χ2v) is 7.66. The van der Waals surface area contributed by atoms with Gasteiger partial charge in [-0.2, -0.15) is 0 Å². The second kappa shape index (κ2) is 5.82. The molecule has 0 aromatic carbocycles. The van der Waals surface area contributed by atoms with Gasteiger partial charge >= 0.3 is 5.97 Å². The Morgan fingerprint density at radius 1 is 1.35 bits per heavy atom. The van der Waals surface area contributed by atoms with Crippen LogP contribution in [0.15, 0.2) is 0 Å². The number of carbonyl (C=O) groups excluding carboxylic acids is 1. The third kappa shape index (κ3) is 4.63. The minimum absolute atomic E-state index is 0.136. The lowest BCUT2D eigenvalue weighted by Gasteiger charge is -2.27. The summed E-state index contributed by atoms with van der Waals surface area (Å²) in [7, 11) is -1.79. The van der Waals surface area contributed by atoms with Crippen LogP contribution in [0.25, 0.3) is 0 Å². The van der Waals surface area contributed by atoms with Gasteiger partial charge in [-0.05, 0) is 20.8 Å². The van der Waals surface area contributed by atoms with E-state index in [9.17, 15) is 13.2 Å². The van der Waals surface area contributed by atoms with Crippen molar-refractivity contribution in [3.63, 3.8) is 0 Å². The minimum atomic E-state index is -3.13. The number of carbonyl (C=O) groups is 1. The van der Waals surface area contributed by atoms with Gasteiger partial charge in [0.25, 0.3) is 0 Å². The van der Waals surface area contributed by atoms with Crippen LogP contribution in [0, 0.1) is 5.92 Å². The second-order valence-electron chi connectivity index (χ2n) is 5.01. The first-order valence-corrected chi connectivity index (χ1v) is 7.43. The van der Waals surface area contributed by atoms with Crippen LogP contribution >= 0.6 is 0 Å². The molecule has 2 unspecified atom stereocenters. The van der Waals surface area contributed by atoms with Crippen LogP contribution in [0.5, 0.6) is 0 Å². The minimum Gasteiger partial charge on any atom is -0.469 e. The highest BCUT2D eigenvalue weighted by Gasteiger charge is 2.31. The fourth-order valence-corrected chi connectivity index (χ4v) is 1.45. The summed E-state index contributed by atoms with van der Waals surface area (Å²) in [6.07, 6.45) is 1.21. The lowest BCUT2D eigenvalue weighted by atomic mass is 10.0. The Bertz CT molecular complexity index is 362. The van der Waals surface area contributed by atoms with Gasteiger partial charge in [0.05, 0.1) is 17.8 Å². The molecule has 6 heteroatoms. The van der Waals surface area contributed by atoms with Crippen LogP contribution in [-0.2, 0) is 19.4 Å². The molecule has 0 spiro atoms. The number of ether oxygens (including phenoxy) is 1. The molecule has 0 bridgehead atoms. The van der Waals surface area contributed by atoms with E-state index in [1.165, 1.54) is 13.4 Å². The van der Waals surface area contributed by atoms with Crippen molar-refractivity contribution in [2.24, 2.45) is 5.92 Å². The summed E-state index contributed by atoms with van der Waals surface area (Å²) in [4.78, 5) is 11.3. The van der Waals surface area contributed by atoms with E-state index < -0.39 is 14.6 Å². The molecule has 5 nitrogen and oxygen atoms in total. The van der Waals surface area contributed by atoms with Crippen molar-refractivity contribution in [3.8, 4) is 0 Å². The van der Waals surface area contributed by atoms with Crippen molar-refractivity contribution < 1.29 is 17.9 Å². The normalized spacial score (nSPS) is 16.4. The number of nitrogens with one attached hydrogen (secondary N) is 1. The highest BCUT2D eigenvalue weighted by atomic mass is 32.2. The average Bonchev–Trinajstić information content (AvgIpc) is 2.22. The molecule has 102 valence electrons. The largest absolute Gasteiger partial charge is 0.469 e. The highest BCUT2D eigenvalue weighted by molar-refractivity contribution is 7.92. The number of hydrogen-bond acceptors (Lipinski definition) is 5. The van der Waals surface area contributed by atoms with Gasteiger partial charge in [-0.3, -0.25) is 4.79 Å². The smallest absolute Gasteiger partial charge is 0.309 e. The monoisotopic (exact) mass is 265 g/mol. The molecule has 0 aliphatic rings. The molecule has 0 aromatic rings. The molecule has 0 saturated heterocycles. The Kier molecular flexibility index (Phi) is 5.61. The van der Waals surface area contributed by atoms with Gasteiger partial charge in [-0.1, -0.05) is 6.92 Å². The summed E-state index contributed by atoms with van der Waals surface area (Å²) in [5.41, 5.74) is 0. The lowest BCUT2D eigenvalue weighted by Crippen LogP contribution is -2.47. The molecule has 2 atom stereocenters. The van der Waals surface area contributed by atoms with Crippen molar-refractivity contribution in [3.05, 3.63) is 0 Å². The van der Waals surface area contributed by atoms with E-state index >= 15 is 0 Å². The molecule has 1 N–H and O–H groups in total. The van der Waals surface area contributed by atoms with Crippen molar-refractivity contribution in [2.75, 3.05) is 19.9 Å². The quantitative estimate of drug-likeness (QED) is 0.712. The third-order valence-electron chi connectivity index (χ3n) is 3.18. The van der Waals surface area contributed by atoms with Crippen LogP contribution in [0.2, 0.25) is 0 Å². The van der Waals surface area contributed by atoms with E-state index in [1.807, 2.05) is 6.92 Å². The van der Waals surface area contributed by atoms with Crippen molar-refractivity contribution >= 4 is 15.8 Å².